The standard InChI is InChI=1S/C51H104/c1-4-7-9-11-13-15-17-19-21-23-25-27-28-30-32-34-36-38-40-42-44-46-48-50-51(6-3)49-47-45-43-41-39-37-35-33-31-29-26-24-22-20-18-16-14-12-10-8-5-2/h51H,4-50H2,1-3H3. The first-order chi connectivity index (χ1) is 25.3. The lowest BCUT2D eigenvalue weighted by molar-refractivity contribution is 0.392. The first-order valence-electron chi connectivity index (χ1n) is 25.3. The molecule has 0 aromatic heterocycles. The summed E-state index contributed by atoms with van der Waals surface area (Å²) in [6.07, 6.45) is 69.7. The van der Waals surface area contributed by atoms with Gasteiger partial charge in [0.2, 0.25) is 0 Å². The van der Waals surface area contributed by atoms with E-state index in [4.69, 9.17) is 0 Å². The van der Waals surface area contributed by atoms with Crippen molar-refractivity contribution in [3.63, 3.8) is 0 Å². The van der Waals surface area contributed by atoms with E-state index >= 15 is 0 Å². The predicted molar refractivity (Wildman–Crippen MR) is 238 cm³/mol. The van der Waals surface area contributed by atoms with Gasteiger partial charge in [-0.15, -0.1) is 0 Å². The molecule has 0 amide bonds. The molecule has 0 aliphatic heterocycles. The van der Waals surface area contributed by atoms with Crippen LogP contribution < -0.4 is 0 Å². The van der Waals surface area contributed by atoms with Crippen LogP contribution in [0.5, 0.6) is 0 Å². The van der Waals surface area contributed by atoms with Crippen molar-refractivity contribution in [2.75, 3.05) is 0 Å². The quantitative estimate of drug-likeness (QED) is 0.0550. The molecule has 0 nitrogen and oxygen atoms in total. The summed E-state index contributed by atoms with van der Waals surface area (Å²) >= 11 is 0. The van der Waals surface area contributed by atoms with Gasteiger partial charge in [0.1, 0.15) is 0 Å². The lowest BCUT2D eigenvalue weighted by Crippen LogP contribution is -1.99. The second kappa shape index (κ2) is 48.0. The zero-order chi connectivity index (χ0) is 36.8. The van der Waals surface area contributed by atoms with Crippen molar-refractivity contribution in [3.8, 4) is 0 Å². The average molecular weight is 717 g/mol. The van der Waals surface area contributed by atoms with Crippen LogP contribution in [-0.4, -0.2) is 0 Å². The largest absolute Gasteiger partial charge is 0.0654 e. The normalized spacial score (nSPS) is 12.3. The van der Waals surface area contributed by atoms with Crippen molar-refractivity contribution in [2.45, 2.75) is 323 Å². The van der Waals surface area contributed by atoms with Gasteiger partial charge >= 0.3 is 0 Å². The molecule has 0 N–H and O–H groups in total. The summed E-state index contributed by atoms with van der Waals surface area (Å²) in [4.78, 5) is 0. The van der Waals surface area contributed by atoms with Crippen LogP contribution in [0.2, 0.25) is 0 Å². The van der Waals surface area contributed by atoms with E-state index in [1.165, 1.54) is 302 Å². The summed E-state index contributed by atoms with van der Waals surface area (Å²) in [5.74, 6) is 1.01. The lowest BCUT2D eigenvalue weighted by Gasteiger charge is -2.14. The third-order valence-corrected chi connectivity index (χ3v) is 12.5. The Balaban J connectivity index is 3.23. The van der Waals surface area contributed by atoms with Crippen LogP contribution in [0.15, 0.2) is 0 Å². The van der Waals surface area contributed by atoms with Crippen molar-refractivity contribution in [3.05, 3.63) is 0 Å². The van der Waals surface area contributed by atoms with Gasteiger partial charge in [0, 0.05) is 0 Å². The Morgan fingerprint density at radius 1 is 0.176 bits per heavy atom. The highest BCUT2D eigenvalue weighted by atomic mass is 14.1. The Labute approximate surface area is 327 Å². The van der Waals surface area contributed by atoms with E-state index in [9.17, 15) is 0 Å². The molecule has 0 bridgehead atoms. The molecule has 0 aromatic rings. The highest BCUT2D eigenvalue weighted by Gasteiger charge is 2.06. The number of unbranched alkanes of at least 4 members (excludes halogenated alkanes) is 42. The van der Waals surface area contributed by atoms with Gasteiger partial charge in [-0.1, -0.05) is 323 Å². The number of hydrogen-bond acceptors (Lipinski definition) is 0. The van der Waals surface area contributed by atoms with E-state index in [0.29, 0.717) is 0 Å². The molecule has 308 valence electrons. The first kappa shape index (κ1) is 51.0. The number of rotatable bonds is 47. The fourth-order valence-electron chi connectivity index (χ4n) is 8.64. The minimum Gasteiger partial charge on any atom is -0.0654 e. The monoisotopic (exact) mass is 717 g/mol. The Hall–Kier alpha value is 0. The summed E-state index contributed by atoms with van der Waals surface area (Å²) < 4.78 is 0. The molecule has 0 radical (unpaired) electrons. The van der Waals surface area contributed by atoms with Gasteiger partial charge in [0.05, 0.1) is 0 Å². The minimum absolute atomic E-state index is 1.01. The zero-order valence-corrected chi connectivity index (χ0v) is 36.8. The maximum atomic E-state index is 2.45. The Bertz CT molecular complexity index is 564. The Kier molecular flexibility index (Phi) is 48.0. The van der Waals surface area contributed by atoms with Gasteiger partial charge in [-0.2, -0.15) is 0 Å². The zero-order valence-electron chi connectivity index (χ0n) is 36.8. The van der Waals surface area contributed by atoms with Crippen LogP contribution in [0, 0.1) is 5.92 Å². The van der Waals surface area contributed by atoms with Gasteiger partial charge in [0.25, 0.3) is 0 Å². The van der Waals surface area contributed by atoms with E-state index in [-0.39, 0.29) is 0 Å². The van der Waals surface area contributed by atoms with E-state index < -0.39 is 0 Å². The fraction of sp³-hybridized carbons (Fsp3) is 1.00. The molecule has 0 aliphatic carbocycles. The van der Waals surface area contributed by atoms with Crippen molar-refractivity contribution >= 4 is 0 Å². The smallest absolute Gasteiger partial charge is 0.0417 e. The van der Waals surface area contributed by atoms with E-state index in [1.54, 1.807) is 0 Å². The molecular formula is C51H104. The third-order valence-electron chi connectivity index (χ3n) is 12.5. The van der Waals surface area contributed by atoms with Crippen LogP contribution in [-0.2, 0) is 0 Å². The topological polar surface area (TPSA) is 0 Å². The summed E-state index contributed by atoms with van der Waals surface area (Å²) in [6.45, 7) is 7.07. The fourth-order valence-corrected chi connectivity index (χ4v) is 8.64. The molecule has 1 atom stereocenters. The highest BCUT2D eigenvalue weighted by Crippen LogP contribution is 2.23. The number of hydrogen-bond donors (Lipinski definition) is 0. The van der Waals surface area contributed by atoms with Crippen LogP contribution in [0.4, 0.5) is 0 Å². The molecule has 0 spiro atoms. The molecular weight excluding hydrogens is 613 g/mol. The summed E-state index contributed by atoms with van der Waals surface area (Å²) in [6, 6.07) is 0. The van der Waals surface area contributed by atoms with Crippen LogP contribution >= 0.6 is 0 Å². The van der Waals surface area contributed by atoms with Crippen molar-refractivity contribution in [1.29, 1.82) is 0 Å². The molecule has 0 aromatic carbocycles. The second-order valence-electron chi connectivity index (χ2n) is 17.7. The van der Waals surface area contributed by atoms with Gasteiger partial charge < -0.3 is 0 Å². The molecule has 0 fully saturated rings. The maximum absolute atomic E-state index is 2.45. The minimum atomic E-state index is 1.01. The molecule has 0 rings (SSSR count). The second-order valence-corrected chi connectivity index (χ2v) is 17.7. The van der Waals surface area contributed by atoms with Crippen LogP contribution in [0.3, 0.4) is 0 Å². The van der Waals surface area contributed by atoms with Crippen molar-refractivity contribution in [1.82, 2.24) is 0 Å². The summed E-state index contributed by atoms with van der Waals surface area (Å²) in [5.41, 5.74) is 0. The highest BCUT2D eigenvalue weighted by molar-refractivity contribution is 4.60. The van der Waals surface area contributed by atoms with Gasteiger partial charge in [-0.05, 0) is 5.92 Å². The van der Waals surface area contributed by atoms with Gasteiger partial charge in [0.15, 0.2) is 0 Å². The van der Waals surface area contributed by atoms with Crippen LogP contribution in [0.25, 0.3) is 0 Å². The Morgan fingerprint density at radius 2 is 0.314 bits per heavy atom. The lowest BCUT2D eigenvalue weighted by atomic mass is 9.92. The van der Waals surface area contributed by atoms with Gasteiger partial charge in [-0.3, -0.25) is 0 Å². The van der Waals surface area contributed by atoms with E-state index in [1.807, 2.05) is 0 Å². The SMILES string of the molecule is CCCCCCCCCCCCCCCCCCCCCCCCCC(CC)CCCCCCCCCCCCCCCCCCCCCCC. The van der Waals surface area contributed by atoms with Gasteiger partial charge in [-0.25, -0.2) is 0 Å². The van der Waals surface area contributed by atoms with E-state index in [0.717, 1.165) is 5.92 Å². The predicted octanol–water partition coefficient (Wildman–Crippen LogP) is 20.0. The van der Waals surface area contributed by atoms with Crippen molar-refractivity contribution in [2.24, 2.45) is 5.92 Å². The molecule has 51 heavy (non-hydrogen) atoms. The van der Waals surface area contributed by atoms with Crippen molar-refractivity contribution < 1.29 is 0 Å². The average Bonchev–Trinajstić information content (AvgIpc) is 3.14. The maximum Gasteiger partial charge on any atom is -0.0417 e. The summed E-state index contributed by atoms with van der Waals surface area (Å²) in [5, 5.41) is 0. The first-order valence-corrected chi connectivity index (χ1v) is 25.3. The molecule has 0 aliphatic rings. The third kappa shape index (κ3) is 46.1. The Morgan fingerprint density at radius 3 is 0.451 bits per heavy atom. The summed E-state index contributed by atoms with van der Waals surface area (Å²) in [7, 11) is 0. The molecule has 1 unspecified atom stereocenters. The van der Waals surface area contributed by atoms with Crippen LogP contribution in [0.1, 0.15) is 323 Å². The van der Waals surface area contributed by atoms with E-state index in [2.05, 4.69) is 20.8 Å². The molecule has 0 heterocycles. The molecule has 0 saturated heterocycles. The molecule has 0 saturated carbocycles. The molecule has 0 heteroatoms.